The number of anilines is 1. The van der Waals surface area contributed by atoms with Crippen LogP contribution in [0.2, 0.25) is 10.0 Å². The van der Waals surface area contributed by atoms with Crippen LogP contribution in [-0.4, -0.2) is 18.1 Å². The van der Waals surface area contributed by atoms with Crippen molar-refractivity contribution in [2.45, 2.75) is 33.2 Å². The van der Waals surface area contributed by atoms with E-state index in [1.165, 1.54) is 5.56 Å². The van der Waals surface area contributed by atoms with Crippen LogP contribution in [0.5, 0.6) is 0 Å². The Balaban J connectivity index is 1.54. The Bertz CT molecular complexity index is 1510. The molecule has 0 aliphatic rings. The first-order chi connectivity index (χ1) is 19.2. The number of halogens is 2. The molecule has 4 aromatic rings. The second-order valence-electron chi connectivity index (χ2n) is 9.68. The molecule has 206 valence electrons. The maximum absolute atomic E-state index is 10.5. The van der Waals surface area contributed by atoms with Gasteiger partial charge in [-0.2, -0.15) is 0 Å². The third-order valence-electron chi connectivity index (χ3n) is 6.62. The molecule has 40 heavy (non-hydrogen) atoms. The summed E-state index contributed by atoms with van der Waals surface area (Å²) < 4.78 is 0. The highest BCUT2D eigenvalue weighted by molar-refractivity contribution is 7.16. The van der Waals surface area contributed by atoms with Crippen LogP contribution < -0.4 is 10.2 Å². The molecule has 4 rings (SSSR count). The van der Waals surface area contributed by atoms with Crippen molar-refractivity contribution in [2.24, 2.45) is 5.18 Å². The average Bonchev–Trinajstić information content (AvgIpc) is 3.34. The molecule has 1 heterocycles. The van der Waals surface area contributed by atoms with Gasteiger partial charge in [0, 0.05) is 52.2 Å². The molecule has 0 atom stereocenters. The lowest BCUT2D eigenvalue weighted by molar-refractivity contribution is 0.778. The van der Waals surface area contributed by atoms with E-state index in [-0.39, 0.29) is 0 Å². The summed E-state index contributed by atoms with van der Waals surface area (Å²) in [5.74, 6) is 0. The van der Waals surface area contributed by atoms with E-state index in [1.807, 2.05) is 37.3 Å². The summed E-state index contributed by atoms with van der Waals surface area (Å²) in [6, 6.07) is 22.4. The zero-order valence-corrected chi connectivity index (χ0v) is 25.0. The van der Waals surface area contributed by atoms with Gasteiger partial charge in [0.2, 0.25) is 0 Å². The van der Waals surface area contributed by atoms with Crippen molar-refractivity contribution >= 4 is 45.4 Å². The molecule has 3 aromatic carbocycles. The van der Waals surface area contributed by atoms with E-state index in [0.29, 0.717) is 25.2 Å². The Morgan fingerprint density at radius 1 is 1.02 bits per heavy atom. The van der Waals surface area contributed by atoms with Gasteiger partial charge in [0.25, 0.3) is 0 Å². The molecule has 8 heteroatoms. The normalized spacial score (nSPS) is 10.8. The summed E-state index contributed by atoms with van der Waals surface area (Å²) in [6.07, 6.45) is 1.32. The first-order valence-corrected chi connectivity index (χ1v) is 14.6. The van der Waals surface area contributed by atoms with Gasteiger partial charge in [-0.25, -0.2) is 4.98 Å². The van der Waals surface area contributed by atoms with Crippen LogP contribution in [0.15, 0.2) is 90.8 Å². The quantitative estimate of drug-likeness (QED) is 0.158. The van der Waals surface area contributed by atoms with E-state index in [9.17, 15) is 4.91 Å². The highest BCUT2D eigenvalue weighted by Crippen LogP contribution is 2.35. The summed E-state index contributed by atoms with van der Waals surface area (Å²) in [7, 11) is 0. The lowest BCUT2D eigenvalue weighted by atomic mass is 10.1. The van der Waals surface area contributed by atoms with Crippen LogP contribution in [0.4, 0.5) is 5.13 Å². The molecule has 0 saturated carbocycles. The molecular weight excluding hydrogens is 559 g/mol. The number of nitrogens with one attached hydrogen (secondary N) is 1. The van der Waals surface area contributed by atoms with Crippen LogP contribution >= 0.6 is 34.5 Å². The van der Waals surface area contributed by atoms with Gasteiger partial charge in [-0.3, -0.25) is 0 Å². The molecule has 0 unspecified atom stereocenters. The zero-order valence-electron chi connectivity index (χ0n) is 22.7. The third kappa shape index (κ3) is 7.81. The number of benzene rings is 3. The second kappa shape index (κ2) is 13.8. The fraction of sp³-hybridized carbons (Fsp3) is 0.219. The van der Waals surface area contributed by atoms with E-state index in [0.717, 1.165) is 66.7 Å². The van der Waals surface area contributed by atoms with Crippen molar-refractivity contribution in [3.8, 4) is 11.3 Å². The van der Waals surface area contributed by atoms with Crippen molar-refractivity contribution in [3.63, 3.8) is 0 Å². The molecule has 0 radical (unpaired) electrons. The Kier molecular flexibility index (Phi) is 10.2. The third-order valence-corrected chi connectivity index (χ3v) is 8.29. The van der Waals surface area contributed by atoms with E-state index >= 15 is 0 Å². The molecule has 0 amide bonds. The molecule has 1 aromatic heterocycles. The summed E-state index contributed by atoms with van der Waals surface area (Å²) in [5.41, 5.74) is 7.47. The van der Waals surface area contributed by atoms with Crippen LogP contribution in [0, 0.1) is 18.8 Å². The Hall–Kier alpha value is -3.45. The molecule has 0 aliphatic carbocycles. The number of hydrogen-bond acceptors (Lipinski definition) is 6. The zero-order chi connectivity index (χ0) is 28.6. The first kappa shape index (κ1) is 29.5. The topological polar surface area (TPSA) is 57.6 Å². The molecule has 0 bridgehead atoms. The Morgan fingerprint density at radius 2 is 1.80 bits per heavy atom. The smallest absolute Gasteiger partial charge is 0.186 e. The Morgan fingerprint density at radius 3 is 2.50 bits per heavy atom. The van der Waals surface area contributed by atoms with Gasteiger partial charge in [-0.1, -0.05) is 84.9 Å². The summed E-state index contributed by atoms with van der Waals surface area (Å²) in [4.78, 5) is 19.1. The number of aryl methyl sites for hydroxylation is 2. The van der Waals surface area contributed by atoms with E-state index in [4.69, 9.17) is 28.2 Å². The number of thiazole rings is 1. The van der Waals surface area contributed by atoms with Crippen molar-refractivity contribution in [1.82, 2.24) is 10.3 Å². The fourth-order valence-electron chi connectivity index (χ4n) is 4.26. The largest absolute Gasteiger partial charge is 0.385 e. The summed E-state index contributed by atoms with van der Waals surface area (Å²) in [6.45, 7) is 13.9. The first-order valence-electron chi connectivity index (χ1n) is 13.0. The van der Waals surface area contributed by atoms with Gasteiger partial charge in [-0.15, -0.1) is 16.2 Å². The van der Waals surface area contributed by atoms with Gasteiger partial charge < -0.3 is 10.2 Å². The van der Waals surface area contributed by atoms with Gasteiger partial charge >= 0.3 is 0 Å². The molecule has 0 aliphatic heterocycles. The minimum Gasteiger partial charge on any atom is -0.385 e. The predicted octanol–water partition coefficient (Wildman–Crippen LogP) is 9.21. The van der Waals surface area contributed by atoms with Crippen molar-refractivity contribution in [2.75, 3.05) is 18.0 Å². The molecule has 1 N–H and O–H groups in total. The highest BCUT2D eigenvalue weighted by Gasteiger charge is 2.17. The minimum absolute atomic E-state index is 0.319. The summed E-state index contributed by atoms with van der Waals surface area (Å²) in [5, 5.41) is 8.53. The number of nitrogens with zero attached hydrogens (tertiary/aromatic N) is 3. The van der Waals surface area contributed by atoms with Gasteiger partial charge in [0.1, 0.15) is 0 Å². The molecule has 5 nitrogen and oxygen atoms in total. The van der Waals surface area contributed by atoms with E-state index in [1.54, 1.807) is 11.3 Å². The predicted molar refractivity (Wildman–Crippen MR) is 171 cm³/mol. The second-order valence-corrected chi connectivity index (χ2v) is 11.7. The molecular formula is C32H32Cl2N4OS. The van der Waals surface area contributed by atoms with Crippen LogP contribution in [0.25, 0.3) is 17.0 Å². The summed E-state index contributed by atoms with van der Waals surface area (Å²) >= 11 is 14.4. The molecule has 0 fully saturated rings. The lowest BCUT2D eigenvalue weighted by Gasteiger charge is -2.22. The SMILES string of the molecule is C=C(CCNC(=C)c1ccc(CN(CCc2cccc(Cl)c2)c2nc(-c3ccc(C)c(Cl)c3)c(C)s2)cc1)N=O. The number of rotatable bonds is 13. The van der Waals surface area contributed by atoms with Crippen molar-refractivity contribution in [3.05, 3.63) is 128 Å². The maximum Gasteiger partial charge on any atom is 0.186 e. The van der Waals surface area contributed by atoms with Crippen LogP contribution in [0.1, 0.15) is 33.6 Å². The Labute approximate surface area is 250 Å². The van der Waals surface area contributed by atoms with Crippen molar-refractivity contribution in [1.29, 1.82) is 0 Å². The highest BCUT2D eigenvalue weighted by atomic mass is 35.5. The number of aromatic nitrogens is 1. The monoisotopic (exact) mass is 590 g/mol. The lowest BCUT2D eigenvalue weighted by Crippen LogP contribution is -2.25. The minimum atomic E-state index is 0.319. The van der Waals surface area contributed by atoms with Gasteiger partial charge in [-0.05, 0) is 65.9 Å². The van der Waals surface area contributed by atoms with E-state index < -0.39 is 0 Å². The van der Waals surface area contributed by atoms with Crippen molar-refractivity contribution < 1.29 is 0 Å². The fourth-order valence-corrected chi connectivity index (χ4v) is 5.61. The van der Waals surface area contributed by atoms with Crippen LogP contribution in [-0.2, 0) is 13.0 Å². The maximum atomic E-state index is 10.5. The van der Waals surface area contributed by atoms with Gasteiger partial charge in [0.05, 0.1) is 11.4 Å². The number of hydrogen-bond donors (Lipinski definition) is 1. The number of nitroso groups, excluding NO2 is 1. The molecule has 0 saturated heterocycles. The van der Waals surface area contributed by atoms with Crippen LogP contribution in [0.3, 0.4) is 0 Å². The van der Waals surface area contributed by atoms with E-state index in [2.05, 4.69) is 71.9 Å². The standard InChI is InChI=1S/C32H32Cl2N4OS/c1-21-8-11-28(19-30(21)34)31-24(4)40-32(36-31)38(17-15-25-6-5-7-29(33)18-25)20-26-9-12-27(13-10-26)23(3)35-16-14-22(2)37-39/h5-13,18-19,35H,2-3,14-17,20H2,1,4H3. The average molecular weight is 592 g/mol. The van der Waals surface area contributed by atoms with Gasteiger partial charge in [0.15, 0.2) is 5.13 Å². The molecule has 0 spiro atoms.